The number of piperidine rings is 2. The van der Waals surface area contributed by atoms with Gasteiger partial charge in [-0.3, -0.25) is 19.5 Å². The summed E-state index contributed by atoms with van der Waals surface area (Å²) in [5, 5.41) is 2.73. The number of hydrogen-bond acceptors (Lipinski definition) is 4. The van der Waals surface area contributed by atoms with Crippen LogP contribution in [-0.2, 0) is 16.1 Å². The number of nitrogens with one attached hydrogen (secondary N) is 1. The molecule has 0 aliphatic carbocycles. The molecule has 25 heavy (non-hydrogen) atoms. The van der Waals surface area contributed by atoms with E-state index in [9.17, 15) is 9.59 Å². The van der Waals surface area contributed by atoms with Crippen molar-refractivity contribution in [2.75, 3.05) is 26.7 Å². The Morgan fingerprint density at radius 1 is 1.36 bits per heavy atom. The van der Waals surface area contributed by atoms with Crippen LogP contribution in [0.4, 0.5) is 0 Å². The number of amides is 2. The highest BCUT2D eigenvalue weighted by molar-refractivity contribution is 5.81. The maximum atomic E-state index is 12.4. The zero-order chi connectivity index (χ0) is 17.9. The lowest BCUT2D eigenvalue weighted by Gasteiger charge is -2.48. The summed E-state index contributed by atoms with van der Waals surface area (Å²) in [4.78, 5) is 32.6. The van der Waals surface area contributed by atoms with Crippen molar-refractivity contribution in [3.05, 3.63) is 30.1 Å². The van der Waals surface area contributed by atoms with Gasteiger partial charge in [0.15, 0.2) is 0 Å². The van der Waals surface area contributed by atoms with Gasteiger partial charge in [-0.2, -0.15) is 0 Å². The molecule has 0 saturated carbocycles. The Morgan fingerprint density at radius 2 is 2.12 bits per heavy atom. The second-order valence-electron chi connectivity index (χ2n) is 7.44. The van der Waals surface area contributed by atoms with Gasteiger partial charge in [0.1, 0.15) is 0 Å². The topological polar surface area (TPSA) is 65.5 Å². The number of rotatable bonds is 4. The average molecular weight is 344 g/mol. The first-order chi connectivity index (χ1) is 12.0. The van der Waals surface area contributed by atoms with Crippen LogP contribution >= 0.6 is 0 Å². The number of carbonyl (C=O) groups excluding carboxylic acids is 2. The van der Waals surface area contributed by atoms with Crippen LogP contribution in [0.2, 0.25) is 0 Å². The lowest BCUT2D eigenvalue weighted by Crippen LogP contribution is -2.54. The lowest BCUT2D eigenvalue weighted by atomic mass is 9.72. The van der Waals surface area contributed by atoms with Gasteiger partial charge in [0, 0.05) is 39.0 Å². The molecule has 6 nitrogen and oxygen atoms in total. The highest BCUT2D eigenvalue weighted by Crippen LogP contribution is 2.40. The number of nitrogens with zero attached hydrogens (tertiary/aromatic N) is 3. The molecule has 1 aromatic heterocycles. The molecule has 3 heterocycles. The predicted molar refractivity (Wildman–Crippen MR) is 95.7 cm³/mol. The average Bonchev–Trinajstić information content (AvgIpc) is 2.65. The summed E-state index contributed by atoms with van der Waals surface area (Å²) in [5.41, 5.74) is 1.29. The van der Waals surface area contributed by atoms with Gasteiger partial charge in [0.2, 0.25) is 11.8 Å². The summed E-state index contributed by atoms with van der Waals surface area (Å²) in [6.45, 7) is 5.28. The Morgan fingerprint density at radius 3 is 2.76 bits per heavy atom. The van der Waals surface area contributed by atoms with Crippen molar-refractivity contribution in [3.63, 3.8) is 0 Å². The minimum Gasteiger partial charge on any atom is -0.358 e. The van der Waals surface area contributed by atoms with Gasteiger partial charge in [-0.1, -0.05) is 6.07 Å². The Bertz CT molecular complexity index is 611. The van der Waals surface area contributed by atoms with Crippen LogP contribution in [0.5, 0.6) is 0 Å². The standard InChI is InChI=1S/C19H28N4O2/c1-15(18(25)20-2)22-10-7-19(8-11-22)6-5-17(24)23(14-19)13-16-4-3-9-21-12-16/h3-4,9,12,15H,5-8,10-11,13-14H2,1-2H3,(H,20,25). The molecule has 2 aliphatic heterocycles. The summed E-state index contributed by atoms with van der Waals surface area (Å²) in [5.74, 6) is 0.323. The normalized spacial score (nSPS) is 22.0. The maximum absolute atomic E-state index is 12.4. The Balaban J connectivity index is 1.61. The first-order valence-electron chi connectivity index (χ1n) is 9.15. The zero-order valence-electron chi connectivity index (χ0n) is 15.2. The van der Waals surface area contributed by atoms with Crippen LogP contribution in [0.1, 0.15) is 38.2 Å². The van der Waals surface area contributed by atoms with Crippen LogP contribution in [0.3, 0.4) is 0 Å². The number of pyridine rings is 1. The second-order valence-corrected chi connectivity index (χ2v) is 7.44. The number of likely N-dealkylation sites (tertiary alicyclic amines) is 2. The van der Waals surface area contributed by atoms with Gasteiger partial charge in [-0.05, 0) is 56.3 Å². The molecular formula is C19H28N4O2. The van der Waals surface area contributed by atoms with Gasteiger partial charge in [0.25, 0.3) is 0 Å². The lowest BCUT2D eigenvalue weighted by molar-refractivity contribution is -0.140. The third-order valence-electron chi connectivity index (χ3n) is 5.88. The minimum atomic E-state index is -0.0842. The molecule has 1 unspecified atom stereocenters. The predicted octanol–water partition coefficient (Wildman–Crippen LogP) is 1.42. The van der Waals surface area contributed by atoms with E-state index in [2.05, 4.69) is 15.2 Å². The van der Waals surface area contributed by atoms with Gasteiger partial charge in [-0.25, -0.2) is 0 Å². The number of aromatic nitrogens is 1. The number of hydrogen-bond donors (Lipinski definition) is 1. The van der Waals surface area contributed by atoms with Gasteiger partial charge in [-0.15, -0.1) is 0 Å². The molecule has 2 amide bonds. The van der Waals surface area contributed by atoms with E-state index in [4.69, 9.17) is 0 Å². The molecule has 0 aromatic carbocycles. The summed E-state index contributed by atoms with van der Waals surface area (Å²) < 4.78 is 0. The Hall–Kier alpha value is -1.95. The van der Waals surface area contributed by atoms with E-state index in [0.717, 1.165) is 44.5 Å². The van der Waals surface area contributed by atoms with E-state index in [0.29, 0.717) is 13.0 Å². The van der Waals surface area contributed by atoms with Crippen molar-refractivity contribution < 1.29 is 9.59 Å². The molecule has 1 N–H and O–H groups in total. The SMILES string of the molecule is CNC(=O)C(C)N1CCC2(CCC(=O)N(Cc3cccnc3)C2)CC1. The fourth-order valence-electron chi connectivity index (χ4n) is 4.13. The van der Waals surface area contributed by atoms with Crippen LogP contribution in [0.15, 0.2) is 24.5 Å². The summed E-state index contributed by atoms with van der Waals surface area (Å²) in [6, 6.07) is 3.85. The molecule has 2 aliphatic rings. The molecular weight excluding hydrogens is 316 g/mol. The fraction of sp³-hybridized carbons (Fsp3) is 0.632. The van der Waals surface area contributed by atoms with Crippen molar-refractivity contribution >= 4 is 11.8 Å². The molecule has 0 radical (unpaired) electrons. The van der Waals surface area contributed by atoms with E-state index in [1.165, 1.54) is 0 Å². The van der Waals surface area contributed by atoms with E-state index in [1.807, 2.05) is 30.2 Å². The number of likely N-dealkylation sites (N-methyl/N-ethyl adjacent to an activating group) is 1. The van der Waals surface area contributed by atoms with Gasteiger partial charge < -0.3 is 10.2 Å². The minimum absolute atomic E-state index is 0.0768. The van der Waals surface area contributed by atoms with E-state index in [-0.39, 0.29) is 23.3 Å². The van der Waals surface area contributed by atoms with E-state index < -0.39 is 0 Å². The molecule has 0 bridgehead atoms. The van der Waals surface area contributed by atoms with Crippen molar-refractivity contribution in [2.45, 2.75) is 45.2 Å². The van der Waals surface area contributed by atoms with E-state index in [1.54, 1.807) is 13.2 Å². The van der Waals surface area contributed by atoms with Crippen LogP contribution in [0.25, 0.3) is 0 Å². The van der Waals surface area contributed by atoms with Crippen LogP contribution < -0.4 is 5.32 Å². The Labute approximate surface area is 149 Å². The first kappa shape index (κ1) is 17.9. The molecule has 2 fully saturated rings. The zero-order valence-corrected chi connectivity index (χ0v) is 15.2. The van der Waals surface area contributed by atoms with Crippen molar-refractivity contribution in [3.8, 4) is 0 Å². The quantitative estimate of drug-likeness (QED) is 0.897. The molecule has 1 aromatic rings. The fourth-order valence-corrected chi connectivity index (χ4v) is 4.13. The molecule has 3 rings (SSSR count). The molecule has 1 spiro atoms. The summed E-state index contributed by atoms with van der Waals surface area (Å²) in [7, 11) is 1.69. The monoisotopic (exact) mass is 344 g/mol. The first-order valence-corrected chi connectivity index (χ1v) is 9.15. The largest absolute Gasteiger partial charge is 0.358 e. The molecule has 2 saturated heterocycles. The van der Waals surface area contributed by atoms with Crippen LogP contribution in [0, 0.1) is 5.41 Å². The Kier molecular flexibility index (Phi) is 5.37. The number of carbonyl (C=O) groups is 2. The molecule has 136 valence electrons. The summed E-state index contributed by atoms with van der Waals surface area (Å²) in [6.07, 6.45) is 7.29. The smallest absolute Gasteiger partial charge is 0.236 e. The second kappa shape index (κ2) is 7.52. The van der Waals surface area contributed by atoms with Crippen molar-refractivity contribution in [1.82, 2.24) is 20.1 Å². The van der Waals surface area contributed by atoms with E-state index >= 15 is 0 Å². The van der Waals surface area contributed by atoms with Crippen molar-refractivity contribution in [2.24, 2.45) is 5.41 Å². The van der Waals surface area contributed by atoms with Gasteiger partial charge >= 0.3 is 0 Å². The third-order valence-corrected chi connectivity index (χ3v) is 5.88. The molecule has 1 atom stereocenters. The van der Waals surface area contributed by atoms with Crippen LogP contribution in [-0.4, -0.2) is 59.3 Å². The summed E-state index contributed by atoms with van der Waals surface area (Å²) >= 11 is 0. The highest BCUT2D eigenvalue weighted by atomic mass is 16.2. The molecule has 6 heteroatoms. The van der Waals surface area contributed by atoms with Crippen molar-refractivity contribution in [1.29, 1.82) is 0 Å². The highest BCUT2D eigenvalue weighted by Gasteiger charge is 2.42. The third kappa shape index (κ3) is 4.00. The maximum Gasteiger partial charge on any atom is 0.236 e. The van der Waals surface area contributed by atoms with Gasteiger partial charge in [0.05, 0.1) is 6.04 Å².